The lowest BCUT2D eigenvalue weighted by Gasteiger charge is -2.26. The van der Waals surface area contributed by atoms with Crippen molar-refractivity contribution in [1.29, 1.82) is 0 Å². The molecule has 3 aromatic rings. The molecule has 0 bridgehead atoms. The van der Waals surface area contributed by atoms with Crippen LogP contribution in [0.3, 0.4) is 0 Å². The molecule has 0 amide bonds. The van der Waals surface area contributed by atoms with Crippen molar-refractivity contribution in [3.8, 4) is 0 Å². The summed E-state index contributed by atoms with van der Waals surface area (Å²) >= 11 is 0. The maximum absolute atomic E-state index is 12.6. The first-order chi connectivity index (χ1) is 11.7. The third-order valence-corrected chi connectivity index (χ3v) is 4.14. The number of H-pyrrole nitrogens is 1. The van der Waals surface area contributed by atoms with E-state index in [1.54, 1.807) is 0 Å². The second kappa shape index (κ2) is 6.52. The molecule has 0 aliphatic heterocycles. The van der Waals surface area contributed by atoms with Crippen LogP contribution in [0.1, 0.15) is 30.7 Å². The molecule has 0 aliphatic carbocycles. The number of benzene rings is 1. The van der Waals surface area contributed by atoms with Crippen molar-refractivity contribution in [2.24, 2.45) is 0 Å². The molecule has 0 unspecified atom stereocenters. The van der Waals surface area contributed by atoms with Gasteiger partial charge in [-0.25, -0.2) is 4.98 Å². The van der Waals surface area contributed by atoms with E-state index in [2.05, 4.69) is 15.3 Å². The number of halogens is 3. The molecule has 0 spiro atoms. The summed E-state index contributed by atoms with van der Waals surface area (Å²) in [4.78, 5) is 7.62. The van der Waals surface area contributed by atoms with Gasteiger partial charge in [0.05, 0.1) is 11.3 Å². The number of hydrogen-bond acceptors (Lipinski definition) is 2. The summed E-state index contributed by atoms with van der Waals surface area (Å²) in [6.07, 6.45) is -1.83. The van der Waals surface area contributed by atoms with Gasteiger partial charge in [0, 0.05) is 23.7 Å². The van der Waals surface area contributed by atoms with Crippen molar-refractivity contribution in [2.45, 2.75) is 38.5 Å². The Morgan fingerprint density at radius 2 is 1.72 bits per heavy atom. The molecule has 2 heterocycles. The maximum atomic E-state index is 12.6. The van der Waals surface area contributed by atoms with Crippen molar-refractivity contribution in [1.82, 2.24) is 15.3 Å². The summed E-state index contributed by atoms with van der Waals surface area (Å²) < 4.78 is 37.9. The van der Waals surface area contributed by atoms with Crippen molar-refractivity contribution in [2.75, 3.05) is 0 Å². The van der Waals surface area contributed by atoms with Crippen molar-refractivity contribution >= 4 is 11.0 Å². The van der Waals surface area contributed by atoms with E-state index in [1.165, 1.54) is 12.1 Å². The number of aromatic nitrogens is 2. The molecule has 2 N–H and O–H groups in total. The fraction of sp³-hybridized carbons (Fsp3) is 0.316. The van der Waals surface area contributed by atoms with E-state index in [4.69, 9.17) is 0 Å². The largest absolute Gasteiger partial charge is 0.416 e. The molecule has 3 nitrogen and oxygen atoms in total. The Morgan fingerprint density at radius 3 is 2.40 bits per heavy atom. The van der Waals surface area contributed by atoms with Gasteiger partial charge in [-0.2, -0.15) is 13.2 Å². The SMILES string of the molecule is CC(C)(Cc1ccc(C(F)(F)F)cc1)NCc1ccc2cc[nH]c2n1. The van der Waals surface area contributed by atoms with Crippen LogP contribution < -0.4 is 5.32 Å². The number of nitrogens with zero attached hydrogens (tertiary/aromatic N) is 1. The average Bonchev–Trinajstić information content (AvgIpc) is 3.00. The first kappa shape index (κ1) is 17.5. The summed E-state index contributed by atoms with van der Waals surface area (Å²) in [5.74, 6) is 0. The minimum atomic E-state index is -4.30. The molecule has 0 aliphatic rings. The molecular formula is C19H20F3N3. The number of nitrogens with one attached hydrogen (secondary N) is 2. The Morgan fingerprint density at radius 1 is 1.00 bits per heavy atom. The molecule has 0 atom stereocenters. The van der Waals surface area contributed by atoms with Crippen molar-refractivity contribution < 1.29 is 13.2 Å². The van der Waals surface area contributed by atoms with Crippen LogP contribution in [-0.4, -0.2) is 15.5 Å². The number of aromatic amines is 1. The van der Waals surface area contributed by atoms with E-state index in [0.717, 1.165) is 34.4 Å². The van der Waals surface area contributed by atoms with Gasteiger partial charge in [-0.1, -0.05) is 12.1 Å². The number of pyridine rings is 1. The van der Waals surface area contributed by atoms with Gasteiger partial charge in [0.15, 0.2) is 0 Å². The summed E-state index contributed by atoms with van der Waals surface area (Å²) in [5, 5.41) is 4.49. The first-order valence-electron chi connectivity index (χ1n) is 8.07. The Balaban J connectivity index is 1.63. The standard InChI is InChI=1S/C19H20F3N3/c1-18(2,11-13-3-6-15(7-4-13)19(20,21)22)24-12-16-8-5-14-9-10-23-17(14)25-16/h3-10,24H,11-12H2,1-2H3,(H,23,25). The van der Waals surface area contributed by atoms with Crippen LogP contribution in [0, 0.1) is 0 Å². The third kappa shape index (κ3) is 4.39. The monoisotopic (exact) mass is 347 g/mol. The van der Waals surface area contributed by atoms with Crippen LogP contribution in [0.5, 0.6) is 0 Å². The highest BCUT2D eigenvalue weighted by atomic mass is 19.4. The molecule has 0 saturated heterocycles. The topological polar surface area (TPSA) is 40.7 Å². The van der Waals surface area contributed by atoms with E-state index < -0.39 is 11.7 Å². The quantitative estimate of drug-likeness (QED) is 0.703. The van der Waals surface area contributed by atoms with E-state index in [1.807, 2.05) is 38.2 Å². The normalized spacial score (nSPS) is 12.7. The molecule has 132 valence electrons. The van der Waals surface area contributed by atoms with Gasteiger partial charge in [-0.3, -0.25) is 0 Å². The van der Waals surface area contributed by atoms with Crippen molar-refractivity contribution in [3.05, 3.63) is 65.5 Å². The fourth-order valence-corrected chi connectivity index (χ4v) is 2.78. The predicted octanol–water partition coefficient (Wildman–Crippen LogP) is 4.69. The van der Waals surface area contributed by atoms with Crippen LogP contribution in [0.25, 0.3) is 11.0 Å². The highest BCUT2D eigenvalue weighted by Gasteiger charge is 2.30. The zero-order valence-electron chi connectivity index (χ0n) is 14.1. The van der Waals surface area contributed by atoms with Crippen LogP contribution in [0.15, 0.2) is 48.7 Å². The fourth-order valence-electron chi connectivity index (χ4n) is 2.78. The Kier molecular flexibility index (Phi) is 4.56. The number of hydrogen-bond donors (Lipinski definition) is 2. The molecule has 25 heavy (non-hydrogen) atoms. The number of alkyl halides is 3. The maximum Gasteiger partial charge on any atom is 0.416 e. The molecule has 0 radical (unpaired) electrons. The van der Waals surface area contributed by atoms with Gasteiger partial charge in [-0.15, -0.1) is 0 Å². The van der Waals surface area contributed by atoms with Crippen LogP contribution in [-0.2, 0) is 19.1 Å². The molecule has 0 fully saturated rings. The van der Waals surface area contributed by atoms with Gasteiger partial charge in [0.1, 0.15) is 5.65 Å². The number of fused-ring (bicyclic) bond motifs is 1. The van der Waals surface area contributed by atoms with Gasteiger partial charge < -0.3 is 10.3 Å². The highest BCUT2D eigenvalue weighted by Crippen LogP contribution is 2.29. The van der Waals surface area contributed by atoms with E-state index in [9.17, 15) is 13.2 Å². The zero-order valence-corrected chi connectivity index (χ0v) is 14.1. The van der Waals surface area contributed by atoms with Crippen LogP contribution in [0.2, 0.25) is 0 Å². The minimum absolute atomic E-state index is 0.272. The summed E-state index contributed by atoms with van der Waals surface area (Å²) in [5.41, 5.74) is 1.73. The second-order valence-electron chi connectivity index (χ2n) is 6.83. The van der Waals surface area contributed by atoms with Gasteiger partial charge >= 0.3 is 6.18 Å². The van der Waals surface area contributed by atoms with E-state index >= 15 is 0 Å². The van der Waals surface area contributed by atoms with Gasteiger partial charge in [-0.05, 0) is 56.2 Å². The van der Waals surface area contributed by atoms with Crippen LogP contribution in [0.4, 0.5) is 13.2 Å². The molecule has 3 rings (SSSR count). The molecule has 6 heteroatoms. The summed E-state index contributed by atoms with van der Waals surface area (Å²) in [7, 11) is 0. The lowest BCUT2D eigenvalue weighted by molar-refractivity contribution is -0.137. The lowest BCUT2D eigenvalue weighted by Crippen LogP contribution is -2.40. The predicted molar refractivity (Wildman–Crippen MR) is 92.2 cm³/mol. The summed E-state index contributed by atoms with van der Waals surface area (Å²) in [6.45, 7) is 4.64. The third-order valence-electron chi connectivity index (χ3n) is 4.14. The van der Waals surface area contributed by atoms with Gasteiger partial charge in [0.25, 0.3) is 0 Å². The second-order valence-corrected chi connectivity index (χ2v) is 6.83. The number of rotatable bonds is 5. The highest BCUT2D eigenvalue weighted by molar-refractivity contribution is 5.75. The van der Waals surface area contributed by atoms with Crippen molar-refractivity contribution in [3.63, 3.8) is 0 Å². The lowest BCUT2D eigenvalue weighted by atomic mass is 9.94. The van der Waals surface area contributed by atoms with Crippen LogP contribution >= 0.6 is 0 Å². The van der Waals surface area contributed by atoms with E-state index in [-0.39, 0.29) is 5.54 Å². The molecule has 2 aromatic heterocycles. The first-order valence-corrected chi connectivity index (χ1v) is 8.07. The molecule has 1 aromatic carbocycles. The summed E-state index contributed by atoms with van der Waals surface area (Å²) in [6, 6.07) is 11.3. The molecular weight excluding hydrogens is 327 g/mol. The van der Waals surface area contributed by atoms with E-state index in [0.29, 0.717) is 13.0 Å². The Hall–Kier alpha value is -2.34. The smallest absolute Gasteiger partial charge is 0.346 e. The molecule has 0 saturated carbocycles. The Labute approximate surface area is 144 Å². The average molecular weight is 347 g/mol. The van der Waals surface area contributed by atoms with Gasteiger partial charge in [0.2, 0.25) is 0 Å². The Bertz CT molecular complexity index is 848. The zero-order chi connectivity index (χ0) is 18.1. The minimum Gasteiger partial charge on any atom is -0.346 e.